The molecule has 32 heavy (non-hydrogen) atoms. The van der Waals surface area contributed by atoms with Crippen LogP contribution in [0.4, 0.5) is 24.8 Å². The number of benzene rings is 1. The number of piperazine rings is 1. The third-order valence-electron chi connectivity index (χ3n) is 5.00. The van der Waals surface area contributed by atoms with Crippen LogP contribution in [0.1, 0.15) is 16.1 Å². The third-order valence-corrected chi connectivity index (χ3v) is 5.00. The maximum absolute atomic E-state index is 12.7. The number of rotatable bonds is 5. The summed E-state index contributed by atoms with van der Waals surface area (Å²) in [5.41, 5.74) is -0.708. The number of hydrogen-bond donors (Lipinski definition) is 1. The number of carbonyl (C=O) groups is 1. The molecule has 1 N–H and O–H groups in total. The molecule has 1 aliphatic heterocycles. The summed E-state index contributed by atoms with van der Waals surface area (Å²) in [6, 6.07) is 7.48. The van der Waals surface area contributed by atoms with E-state index in [2.05, 4.69) is 15.1 Å². The topological polar surface area (TPSA) is 109 Å². The first-order valence-electron chi connectivity index (χ1n) is 9.58. The summed E-state index contributed by atoms with van der Waals surface area (Å²) in [7, 11) is 0. The Morgan fingerprint density at radius 2 is 1.81 bits per heavy atom. The zero-order chi connectivity index (χ0) is 22.9. The Morgan fingerprint density at radius 3 is 2.44 bits per heavy atom. The van der Waals surface area contributed by atoms with Crippen LogP contribution >= 0.6 is 0 Å². The molecule has 1 fully saturated rings. The van der Waals surface area contributed by atoms with Gasteiger partial charge in [0.15, 0.2) is 5.69 Å². The van der Waals surface area contributed by atoms with E-state index in [4.69, 9.17) is 5.11 Å². The van der Waals surface area contributed by atoms with Crippen LogP contribution in [0.2, 0.25) is 0 Å². The van der Waals surface area contributed by atoms with Gasteiger partial charge in [-0.25, -0.2) is 14.6 Å². The number of aromatic carboxylic acids is 1. The second-order valence-electron chi connectivity index (χ2n) is 7.12. The molecule has 0 spiro atoms. The number of alkyl halides is 3. The standard InChI is InChI=1S/C19H18F3N7O3/c20-19(21,22)15-4-5-29(25-15)12-28-11-23-17(24-18(28)32)27-8-6-26(7-9-27)14-3-1-2-13(10-14)16(30)31/h1-5,10-11H,6-9,12H2,(H,30,31). The first-order valence-corrected chi connectivity index (χ1v) is 9.58. The van der Waals surface area contributed by atoms with E-state index < -0.39 is 23.5 Å². The highest BCUT2D eigenvalue weighted by Gasteiger charge is 2.33. The van der Waals surface area contributed by atoms with Crippen LogP contribution < -0.4 is 15.5 Å². The van der Waals surface area contributed by atoms with E-state index in [9.17, 15) is 22.8 Å². The minimum atomic E-state index is -4.56. The minimum Gasteiger partial charge on any atom is -0.478 e. The molecule has 1 aromatic carbocycles. The van der Waals surface area contributed by atoms with Crippen molar-refractivity contribution < 1.29 is 23.1 Å². The predicted octanol–water partition coefficient (Wildman–Crippen LogP) is 1.38. The van der Waals surface area contributed by atoms with Gasteiger partial charge in [-0.2, -0.15) is 23.3 Å². The maximum Gasteiger partial charge on any atom is 0.435 e. The average Bonchev–Trinajstić information content (AvgIpc) is 3.25. The largest absolute Gasteiger partial charge is 0.478 e. The quantitative estimate of drug-likeness (QED) is 0.623. The lowest BCUT2D eigenvalue weighted by Gasteiger charge is -2.36. The summed E-state index contributed by atoms with van der Waals surface area (Å²) in [6.07, 6.45) is -2.21. The van der Waals surface area contributed by atoms with Gasteiger partial charge in [0.05, 0.1) is 5.56 Å². The van der Waals surface area contributed by atoms with E-state index >= 15 is 0 Å². The van der Waals surface area contributed by atoms with Gasteiger partial charge in [0.1, 0.15) is 13.0 Å². The zero-order valence-electron chi connectivity index (χ0n) is 16.6. The van der Waals surface area contributed by atoms with Gasteiger partial charge in [0.25, 0.3) is 0 Å². The van der Waals surface area contributed by atoms with Crippen molar-refractivity contribution in [2.24, 2.45) is 0 Å². The Hall–Kier alpha value is -3.90. The van der Waals surface area contributed by atoms with Gasteiger partial charge in [-0.15, -0.1) is 0 Å². The van der Waals surface area contributed by atoms with Crippen molar-refractivity contribution in [1.82, 2.24) is 24.3 Å². The van der Waals surface area contributed by atoms with Crippen molar-refractivity contribution in [3.63, 3.8) is 0 Å². The van der Waals surface area contributed by atoms with Crippen LogP contribution in [0.15, 0.2) is 47.7 Å². The summed E-state index contributed by atoms with van der Waals surface area (Å²) in [5, 5.41) is 12.6. The Bertz CT molecular complexity index is 1180. The predicted molar refractivity (Wildman–Crippen MR) is 107 cm³/mol. The molecule has 3 heterocycles. The van der Waals surface area contributed by atoms with E-state index in [0.29, 0.717) is 26.2 Å². The van der Waals surface area contributed by atoms with Gasteiger partial charge in [0.2, 0.25) is 5.95 Å². The zero-order valence-corrected chi connectivity index (χ0v) is 16.6. The van der Waals surface area contributed by atoms with E-state index in [1.165, 1.54) is 12.4 Å². The van der Waals surface area contributed by atoms with Crippen LogP contribution in [-0.4, -0.2) is 61.6 Å². The van der Waals surface area contributed by atoms with Gasteiger partial charge in [-0.3, -0.25) is 9.25 Å². The summed E-state index contributed by atoms with van der Waals surface area (Å²) >= 11 is 0. The van der Waals surface area contributed by atoms with Gasteiger partial charge in [0, 0.05) is 38.1 Å². The van der Waals surface area contributed by atoms with Crippen molar-refractivity contribution in [2.45, 2.75) is 12.8 Å². The Balaban J connectivity index is 1.41. The van der Waals surface area contributed by atoms with Crippen molar-refractivity contribution in [2.75, 3.05) is 36.0 Å². The van der Waals surface area contributed by atoms with Crippen LogP contribution in [0.5, 0.6) is 0 Å². The monoisotopic (exact) mass is 449 g/mol. The lowest BCUT2D eigenvalue weighted by Crippen LogP contribution is -2.47. The number of aromatic nitrogens is 5. The van der Waals surface area contributed by atoms with E-state index in [-0.39, 0.29) is 18.2 Å². The van der Waals surface area contributed by atoms with E-state index in [0.717, 1.165) is 27.2 Å². The normalized spacial score (nSPS) is 14.6. The average molecular weight is 449 g/mol. The molecule has 10 nitrogen and oxygen atoms in total. The second-order valence-corrected chi connectivity index (χ2v) is 7.12. The first-order chi connectivity index (χ1) is 15.2. The lowest BCUT2D eigenvalue weighted by atomic mass is 10.1. The SMILES string of the molecule is O=C(O)c1cccc(N2CCN(c3ncn(Cn4ccc(C(F)(F)F)n4)c(=O)n3)CC2)c1. The summed E-state index contributed by atoms with van der Waals surface area (Å²) in [5.74, 6) is -0.772. The molecular weight excluding hydrogens is 431 g/mol. The summed E-state index contributed by atoms with van der Waals surface area (Å²) in [6.45, 7) is 1.92. The second kappa shape index (κ2) is 8.32. The summed E-state index contributed by atoms with van der Waals surface area (Å²) < 4.78 is 40.0. The van der Waals surface area contributed by atoms with Gasteiger partial charge < -0.3 is 14.9 Å². The molecule has 1 aliphatic rings. The number of halogens is 3. The Labute approximate surface area is 179 Å². The lowest BCUT2D eigenvalue weighted by molar-refractivity contribution is -0.141. The van der Waals surface area contributed by atoms with Gasteiger partial charge >= 0.3 is 17.8 Å². The molecule has 13 heteroatoms. The highest BCUT2D eigenvalue weighted by molar-refractivity contribution is 5.88. The fraction of sp³-hybridized carbons (Fsp3) is 0.316. The van der Waals surface area contributed by atoms with Crippen LogP contribution in [0, 0.1) is 0 Å². The van der Waals surface area contributed by atoms with Gasteiger partial charge in [-0.05, 0) is 24.3 Å². The molecule has 4 rings (SSSR count). The van der Waals surface area contributed by atoms with Crippen LogP contribution in [0.3, 0.4) is 0 Å². The number of nitrogens with zero attached hydrogens (tertiary/aromatic N) is 7. The van der Waals surface area contributed by atoms with Crippen molar-refractivity contribution >= 4 is 17.6 Å². The molecule has 0 amide bonds. The fourth-order valence-corrected chi connectivity index (χ4v) is 3.35. The third kappa shape index (κ3) is 4.55. The molecule has 1 saturated heterocycles. The van der Waals surface area contributed by atoms with Crippen LogP contribution in [-0.2, 0) is 12.8 Å². The molecule has 0 aliphatic carbocycles. The maximum atomic E-state index is 12.7. The molecule has 0 atom stereocenters. The highest BCUT2D eigenvalue weighted by Crippen LogP contribution is 2.27. The molecule has 0 bridgehead atoms. The molecule has 168 valence electrons. The van der Waals surface area contributed by atoms with Crippen molar-refractivity contribution in [1.29, 1.82) is 0 Å². The minimum absolute atomic E-state index is 0.205. The Kier molecular flexibility index (Phi) is 5.55. The summed E-state index contributed by atoms with van der Waals surface area (Å²) in [4.78, 5) is 35.5. The number of anilines is 2. The number of carboxylic acids is 1. The fourth-order valence-electron chi connectivity index (χ4n) is 3.35. The molecular formula is C19H18F3N7O3. The number of carboxylic acid groups (broad SMARTS) is 1. The van der Waals surface area contributed by atoms with Crippen LogP contribution in [0.25, 0.3) is 0 Å². The smallest absolute Gasteiger partial charge is 0.435 e. The van der Waals surface area contributed by atoms with Crippen molar-refractivity contribution in [3.8, 4) is 0 Å². The van der Waals surface area contributed by atoms with Gasteiger partial charge in [-0.1, -0.05) is 6.07 Å². The molecule has 2 aromatic heterocycles. The molecule has 0 radical (unpaired) electrons. The Morgan fingerprint density at radius 1 is 1.09 bits per heavy atom. The molecule has 0 saturated carbocycles. The molecule has 0 unspecified atom stereocenters. The van der Waals surface area contributed by atoms with E-state index in [1.54, 1.807) is 12.1 Å². The highest BCUT2D eigenvalue weighted by atomic mass is 19.4. The first kappa shape index (κ1) is 21.3. The van der Waals surface area contributed by atoms with Crippen molar-refractivity contribution in [3.05, 3.63) is 64.6 Å². The van der Waals surface area contributed by atoms with E-state index in [1.807, 2.05) is 15.9 Å². The number of hydrogen-bond acceptors (Lipinski definition) is 7. The molecule has 3 aromatic rings.